The molecule has 0 fully saturated rings. The van der Waals surface area contributed by atoms with Crippen LogP contribution in [0.1, 0.15) is 36.7 Å². The first-order chi connectivity index (χ1) is 10.2. The molecule has 3 nitrogen and oxygen atoms in total. The predicted molar refractivity (Wildman–Crippen MR) is 87.5 cm³/mol. The number of aromatic nitrogens is 2. The number of rotatable bonds is 3. The van der Waals surface area contributed by atoms with E-state index in [-0.39, 0.29) is 0 Å². The van der Waals surface area contributed by atoms with Crippen LogP contribution in [0.4, 0.5) is 11.5 Å². The van der Waals surface area contributed by atoms with E-state index in [0.717, 1.165) is 43.9 Å². The molecule has 1 aliphatic rings. The third-order valence-corrected chi connectivity index (χ3v) is 4.03. The summed E-state index contributed by atoms with van der Waals surface area (Å²) in [5.74, 6) is 1.75. The van der Waals surface area contributed by atoms with Crippen LogP contribution < -0.4 is 4.90 Å². The lowest BCUT2D eigenvalue weighted by atomic mass is 9.99. The molecule has 0 radical (unpaired) electrons. The summed E-state index contributed by atoms with van der Waals surface area (Å²) in [6, 6.07) is 8.50. The molecule has 4 heteroatoms. The standard InChI is InChI=1S/C17H20ClN3/c1-3-5-16-19-15(18)11-17(20-16)21-9-4-6-13-10-12(2)7-8-14(13)21/h7-8,10-11H,3-6,9H2,1-2H3. The van der Waals surface area contributed by atoms with E-state index in [9.17, 15) is 0 Å². The van der Waals surface area contributed by atoms with Crippen molar-refractivity contribution in [1.29, 1.82) is 0 Å². The van der Waals surface area contributed by atoms with E-state index in [4.69, 9.17) is 16.6 Å². The first kappa shape index (κ1) is 14.3. The van der Waals surface area contributed by atoms with E-state index in [2.05, 4.69) is 41.9 Å². The highest BCUT2D eigenvalue weighted by Crippen LogP contribution is 2.33. The molecule has 2 heterocycles. The monoisotopic (exact) mass is 301 g/mol. The Kier molecular flexibility index (Phi) is 4.11. The fourth-order valence-electron chi connectivity index (χ4n) is 2.89. The fourth-order valence-corrected chi connectivity index (χ4v) is 3.08. The summed E-state index contributed by atoms with van der Waals surface area (Å²) in [6.07, 6.45) is 4.16. The van der Waals surface area contributed by atoms with Gasteiger partial charge in [0.05, 0.1) is 0 Å². The van der Waals surface area contributed by atoms with Crippen molar-refractivity contribution in [2.75, 3.05) is 11.4 Å². The minimum atomic E-state index is 0.530. The van der Waals surface area contributed by atoms with Crippen LogP contribution in [-0.2, 0) is 12.8 Å². The quantitative estimate of drug-likeness (QED) is 0.783. The Morgan fingerprint density at radius 2 is 2.10 bits per heavy atom. The fraction of sp³-hybridized carbons (Fsp3) is 0.412. The van der Waals surface area contributed by atoms with Crippen molar-refractivity contribution in [3.63, 3.8) is 0 Å². The molecule has 1 aromatic carbocycles. The average molecular weight is 302 g/mol. The van der Waals surface area contributed by atoms with Gasteiger partial charge in [0.2, 0.25) is 0 Å². The molecule has 0 aliphatic carbocycles. The summed E-state index contributed by atoms with van der Waals surface area (Å²) < 4.78 is 0. The lowest BCUT2D eigenvalue weighted by Gasteiger charge is -2.31. The van der Waals surface area contributed by atoms with E-state index in [1.165, 1.54) is 16.8 Å². The SMILES string of the molecule is CCCc1nc(Cl)cc(N2CCCc3cc(C)ccc32)n1. The maximum Gasteiger partial charge on any atom is 0.138 e. The number of hydrogen-bond donors (Lipinski definition) is 0. The smallest absolute Gasteiger partial charge is 0.138 e. The van der Waals surface area contributed by atoms with Crippen molar-refractivity contribution < 1.29 is 0 Å². The molecular formula is C17H20ClN3. The second-order valence-electron chi connectivity index (χ2n) is 5.60. The van der Waals surface area contributed by atoms with Crippen LogP contribution in [-0.4, -0.2) is 16.5 Å². The Morgan fingerprint density at radius 1 is 1.24 bits per heavy atom. The van der Waals surface area contributed by atoms with Crippen molar-refractivity contribution in [3.05, 3.63) is 46.4 Å². The van der Waals surface area contributed by atoms with Gasteiger partial charge in [-0.05, 0) is 37.8 Å². The molecule has 0 amide bonds. The number of fused-ring (bicyclic) bond motifs is 1. The molecule has 0 atom stereocenters. The van der Waals surface area contributed by atoms with E-state index in [1.54, 1.807) is 0 Å². The van der Waals surface area contributed by atoms with E-state index >= 15 is 0 Å². The van der Waals surface area contributed by atoms with Crippen molar-refractivity contribution in [3.8, 4) is 0 Å². The van der Waals surface area contributed by atoms with Gasteiger partial charge in [-0.2, -0.15) is 0 Å². The summed E-state index contributed by atoms with van der Waals surface area (Å²) >= 11 is 6.18. The zero-order valence-electron chi connectivity index (χ0n) is 12.6. The Balaban J connectivity index is 2.02. The van der Waals surface area contributed by atoms with Gasteiger partial charge in [0.25, 0.3) is 0 Å². The molecule has 1 aromatic heterocycles. The van der Waals surface area contributed by atoms with Crippen molar-refractivity contribution in [2.24, 2.45) is 0 Å². The molecule has 21 heavy (non-hydrogen) atoms. The number of benzene rings is 1. The number of nitrogens with zero attached hydrogens (tertiary/aromatic N) is 3. The zero-order chi connectivity index (χ0) is 14.8. The highest BCUT2D eigenvalue weighted by atomic mass is 35.5. The first-order valence-corrected chi connectivity index (χ1v) is 7.95. The van der Waals surface area contributed by atoms with Gasteiger partial charge in [0, 0.05) is 24.7 Å². The molecule has 1 aliphatic heterocycles. The van der Waals surface area contributed by atoms with Gasteiger partial charge >= 0.3 is 0 Å². The van der Waals surface area contributed by atoms with Crippen LogP contribution in [0, 0.1) is 6.92 Å². The number of halogens is 1. The van der Waals surface area contributed by atoms with Gasteiger partial charge in [-0.1, -0.05) is 36.2 Å². The lowest BCUT2D eigenvalue weighted by molar-refractivity contribution is 0.749. The van der Waals surface area contributed by atoms with Gasteiger partial charge in [-0.15, -0.1) is 0 Å². The van der Waals surface area contributed by atoms with Gasteiger partial charge < -0.3 is 4.90 Å². The number of anilines is 2. The van der Waals surface area contributed by atoms with Crippen molar-refractivity contribution >= 4 is 23.1 Å². The molecule has 2 aromatic rings. The van der Waals surface area contributed by atoms with E-state index < -0.39 is 0 Å². The molecule has 0 saturated heterocycles. The Bertz CT molecular complexity index is 654. The number of hydrogen-bond acceptors (Lipinski definition) is 3. The normalized spacial score (nSPS) is 14.1. The van der Waals surface area contributed by atoms with Gasteiger partial charge in [-0.25, -0.2) is 9.97 Å². The predicted octanol–water partition coefficient (Wildman–Crippen LogP) is 4.48. The summed E-state index contributed by atoms with van der Waals surface area (Å²) in [7, 11) is 0. The number of aryl methyl sites for hydroxylation is 3. The Labute approximate surface area is 131 Å². The third kappa shape index (κ3) is 3.03. The van der Waals surface area contributed by atoms with Crippen LogP contribution in [0.5, 0.6) is 0 Å². The average Bonchev–Trinajstić information content (AvgIpc) is 2.46. The topological polar surface area (TPSA) is 29.0 Å². The van der Waals surface area contributed by atoms with Crippen LogP contribution in [0.2, 0.25) is 5.15 Å². The van der Waals surface area contributed by atoms with Crippen molar-refractivity contribution in [1.82, 2.24) is 9.97 Å². The summed E-state index contributed by atoms with van der Waals surface area (Å²) in [6.45, 7) is 5.25. The third-order valence-electron chi connectivity index (χ3n) is 3.83. The van der Waals surface area contributed by atoms with Crippen LogP contribution in [0.25, 0.3) is 0 Å². The van der Waals surface area contributed by atoms with Crippen LogP contribution in [0.3, 0.4) is 0 Å². The van der Waals surface area contributed by atoms with E-state index in [0.29, 0.717) is 5.15 Å². The maximum absolute atomic E-state index is 6.18. The second-order valence-corrected chi connectivity index (χ2v) is 5.99. The highest BCUT2D eigenvalue weighted by Gasteiger charge is 2.20. The van der Waals surface area contributed by atoms with Crippen molar-refractivity contribution in [2.45, 2.75) is 39.5 Å². The minimum Gasteiger partial charge on any atom is -0.326 e. The molecule has 0 N–H and O–H groups in total. The lowest BCUT2D eigenvalue weighted by Crippen LogP contribution is -2.25. The summed E-state index contributed by atoms with van der Waals surface area (Å²) in [5, 5.41) is 0.530. The largest absolute Gasteiger partial charge is 0.326 e. The van der Waals surface area contributed by atoms with Gasteiger partial charge in [0.1, 0.15) is 16.8 Å². The molecule has 0 unspecified atom stereocenters. The maximum atomic E-state index is 6.18. The molecule has 0 saturated carbocycles. The molecule has 0 bridgehead atoms. The highest BCUT2D eigenvalue weighted by molar-refractivity contribution is 6.29. The van der Waals surface area contributed by atoms with Gasteiger partial charge in [-0.3, -0.25) is 0 Å². The molecule has 110 valence electrons. The van der Waals surface area contributed by atoms with E-state index in [1.807, 2.05) is 6.07 Å². The molecular weight excluding hydrogens is 282 g/mol. The van der Waals surface area contributed by atoms with Crippen LogP contribution >= 0.6 is 11.6 Å². The second kappa shape index (κ2) is 6.02. The summed E-state index contributed by atoms with van der Waals surface area (Å²) in [5.41, 5.74) is 3.96. The molecule has 0 spiro atoms. The minimum absolute atomic E-state index is 0.530. The first-order valence-electron chi connectivity index (χ1n) is 7.58. The van der Waals surface area contributed by atoms with Gasteiger partial charge in [0.15, 0.2) is 0 Å². The molecule has 3 rings (SSSR count). The summed E-state index contributed by atoms with van der Waals surface area (Å²) in [4.78, 5) is 11.3. The Hall–Kier alpha value is -1.61. The zero-order valence-corrected chi connectivity index (χ0v) is 13.3. The van der Waals surface area contributed by atoms with Crippen LogP contribution in [0.15, 0.2) is 24.3 Å². The Morgan fingerprint density at radius 3 is 2.90 bits per heavy atom.